The Morgan fingerprint density at radius 1 is 1.43 bits per heavy atom. The minimum Gasteiger partial charge on any atom is -0.393 e. The molecule has 0 radical (unpaired) electrons. The number of nitro groups is 1. The zero-order chi connectivity index (χ0) is 10.3. The molecule has 1 aromatic carbocycles. The van der Waals surface area contributed by atoms with Gasteiger partial charge >= 0.3 is 0 Å². The van der Waals surface area contributed by atoms with Gasteiger partial charge in [-0.3, -0.25) is 10.1 Å². The molecule has 0 amide bonds. The molecule has 1 aromatic rings. The van der Waals surface area contributed by atoms with Crippen LogP contribution in [-0.2, 0) is 12.8 Å². The summed E-state index contributed by atoms with van der Waals surface area (Å²) in [5.41, 5.74) is 8.17. The van der Waals surface area contributed by atoms with Crippen LogP contribution in [0.2, 0.25) is 0 Å². The Kier molecular flexibility index (Phi) is 1.91. The van der Waals surface area contributed by atoms with E-state index >= 15 is 0 Å². The van der Waals surface area contributed by atoms with Crippen molar-refractivity contribution in [3.63, 3.8) is 0 Å². The molecule has 4 heteroatoms. The zero-order valence-electron chi connectivity index (χ0n) is 7.99. The van der Waals surface area contributed by atoms with Crippen molar-refractivity contribution in [3.05, 3.63) is 33.4 Å². The number of nitrogen functional groups attached to an aromatic ring is 1. The molecule has 4 nitrogen and oxygen atoms in total. The molecule has 0 fully saturated rings. The van der Waals surface area contributed by atoms with Gasteiger partial charge in [0.15, 0.2) is 0 Å². The molecule has 2 N–H and O–H groups in total. The van der Waals surface area contributed by atoms with Gasteiger partial charge in [-0.05, 0) is 36.0 Å². The Hall–Kier alpha value is -1.58. The average molecular weight is 192 g/mol. The second-order valence-corrected chi connectivity index (χ2v) is 3.95. The molecule has 1 atom stereocenters. The van der Waals surface area contributed by atoms with Crippen LogP contribution in [0.1, 0.15) is 18.1 Å². The van der Waals surface area contributed by atoms with E-state index in [0.717, 1.165) is 18.4 Å². The maximum absolute atomic E-state index is 10.6. The molecule has 1 unspecified atom stereocenters. The van der Waals surface area contributed by atoms with E-state index in [4.69, 9.17) is 5.73 Å². The SMILES string of the molecule is CC1Cc2cc(N)c([N+](=O)[O-])cc2C1. The van der Waals surface area contributed by atoms with Crippen molar-refractivity contribution in [2.24, 2.45) is 5.92 Å². The van der Waals surface area contributed by atoms with Gasteiger partial charge in [0.05, 0.1) is 4.92 Å². The molecule has 0 bridgehead atoms. The number of hydrogen-bond donors (Lipinski definition) is 1. The fourth-order valence-corrected chi connectivity index (χ4v) is 2.06. The monoisotopic (exact) mass is 192 g/mol. The lowest BCUT2D eigenvalue weighted by molar-refractivity contribution is -0.384. The van der Waals surface area contributed by atoms with Crippen LogP contribution in [-0.4, -0.2) is 4.92 Å². The van der Waals surface area contributed by atoms with Gasteiger partial charge in [0, 0.05) is 6.07 Å². The first kappa shape index (κ1) is 8.99. The van der Waals surface area contributed by atoms with Crippen LogP contribution in [0.4, 0.5) is 11.4 Å². The molecule has 0 saturated heterocycles. The zero-order valence-corrected chi connectivity index (χ0v) is 7.99. The standard InChI is InChI=1S/C10H12N2O2/c1-6-2-7-4-9(11)10(12(13)14)5-8(7)3-6/h4-6H,2-3,11H2,1H3. The van der Waals surface area contributed by atoms with E-state index in [-0.39, 0.29) is 11.4 Å². The Balaban J connectivity index is 2.50. The number of nitrogens with two attached hydrogens (primary N) is 1. The highest BCUT2D eigenvalue weighted by Gasteiger charge is 2.22. The summed E-state index contributed by atoms with van der Waals surface area (Å²) in [4.78, 5) is 10.2. The number of nitro benzene ring substituents is 1. The van der Waals surface area contributed by atoms with Crippen molar-refractivity contribution in [1.29, 1.82) is 0 Å². The van der Waals surface area contributed by atoms with Crippen molar-refractivity contribution < 1.29 is 4.92 Å². The quantitative estimate of drug-likeness (QED) is 0.419. The van der Waals surface area contributed by atoms with E-state index < -0.39 is 4.92 Å². The lowest BCUT2D eigenvalue weighted by Crippen LogP contribution is -1.97. The molecule has 1 aliphatic carbocycles. The van der Waals surface area contributed by atoms with Gasteiger partial charge in [-0.15, -0.1) is 0 Å². The van der Waals surface area contributed by atoms with Crippen LogP contribution in [0.3, 0.4) is 0 Å². The molecule has 0 saturated carbocycles. The molecule has 0 heterocycles. The summed E-state index contributed by atoms with van der Waals surface area (Å²) in [7, 11) is 0. The van der Waals surface area contributed by atoms with Crippen LogP contribution < -0.4 is 5.73 Å². The van der Waals surface area contributed by atoms with Gasteiger partial charge < -0.3 is 5.73 Å². The fourth-order valence-electron chi connectivity index (χ4n) is 2.06. The van der Waals surface area contributed by atoms with E-state index in [2.05, 4.69) is 6.92 Å². The largest absolute Gasteiger partial charge is 0.393 e. The predicted octanol–water partition coefficient (Wildman–Crippen LogP) is 1.91. The van der Waals surface area contributed by atoms with Crippen molar-refractivity contribution in [1.82, 2.24) is 0 Å². The number of rotatable bonds is 1. The molecule has 14 heavy (non-hydrogen) atoms. The Morgan fingerprint density at radius 2 is 2.00 bits per heavy atom. The van der Waals surface area contributed by atoms with Crippen molar-refractivity contribution >= 4 is 11.4 Å². The van der Waals surface area contributed by atoms with Crippen molar-refractivity contribution in [2.45, 2.75) is 19.8 Å². The van der Waals surface area contributed by atoms with Crippen molar-refractivity contribution in [2.75, 3.05) is 5.73 Å². The third-order valence-corrected chi connectivity index (χ3v) is 2.68. The summed E-state index contributed by atoms with van der Waals surface area (Å²) in [6.45, 7) is 2.14. The summed E-state index contributed by atoms with van der Waals surface area (Å²) in [5.74, 6) is 0.575. The van der Waals surface area contributed by atoms with E-state index in [1.807, 2.05) is 0 Å². The van der Waals surface area contributed by atoms with E-state index in [1.54, 1.807) is 12.1 Å². The average Bonchev–Trinajstić information content (AvgIpc) is 2.42. The minimum absolute atomic E-state index is 0.0397. The van der Waals surface area contributed by atoms with Crippen LogP contribution in [0.5, 0.6) is 0 Å². The summed E-state index contributed by atoms with van der Waals surface area (Å²) < 4.78 is 0. The van der Waals surface area contributed by atoms with Crippen molar-refractivity contribution in [3.8, 4) is 0 Å². The summed E-state index contributed by atoms with van der Waals surface area (Å²) in [6, 6.07) is 3.37. The van der Waals surface area contributed by atoms with Crippen LogP contribution >= 0.6 is 0 Å². The molecular formula is C10H12N2O2. The maximum Gasteiger partial charge on any atom is 0.292 e. The number of hydrogen-bond acceptors (Lipinski definition) is 3. The maximum atomic E-state index is 10.6. The highest BCUT2D eigenvalue weighted by atomic mass is 16.6. The van der Waals surface area contributed by atoms with Gasteiger partial charge in [0.25, 0.3) is 5.69 Å². The van der Waals surface area contributed by atoms with Crippen LogP contribution in [0.15, 0.2) is 12.1 Å². The van der Waals surface area contributed by atoms with E-state index in [9.17, 15) is 10.1 Å². The summed E-state index contributed by atoms with van der Waals surface area (Å²) in [6.07, 6.45) is 1.91. The summed E-state index contributed by atoms with van der Waals surface area (Å²) >= 11 is 0. The molecule has 1 aliphatic rings. The lowest BCUT2D eigenvalue weighted by atomic mass is 10.1. The Labute approximate surface area is 81.9 Å². The highest BCUT2D eigenvalue weighted by Crippen LogP contribution is 2.33. The lowest BCUT2D eigenvalue weighted by Gasteiger charge is -2.01. The van der Waals surface area contributed by atoms with E-state index in [0.29, 0.717) is 5.92 Å². The summed E-state index contributed by atoms with van der Waals surface area (Å²) in [5, 5.41) is 10.6. The Bertz CT molecular complexity index is 401. The number of anilines is 1. The number of benzene rings is 1. The molecule has 0 spiro atoms. The van der Waals surface area contributed by atoms with Gasteiger partial charge in [0.1, 0.15) is 5.69 Å². The van der Waals surface area contributed by atoms with Gasteiger partial charge in [-0.1, -0.05) is 6.92 Å². The van der Waals surface area contributed by atoms with Crippen LogP contribution in [0.25, 0.3) is 0 Å². The predicted molar refractivity (Wildman–Crippen MR) is 54.1 cm³/mol. The van der Waals surface area contributed by atoms with E-state index in [1.165, 1.54) is 5.56 Å². The molecule has 2 rings (SSSR count). The third-order valence-electron chi connectivity index (χ3n) is 2.68. The first-order chi connectivity index (χ1) is 6.58. The second kappa shape index (κ2) is 2.97. The number of nitrogens with zero attached hydrogens (tertiary/aromatic N) is 1. The van der Waals surface area contributed by atoms with Gasteiger partial charge in [0.2, 0.25) is 0 Å². The molecule has 74 valence electrons. The Morgan fingerprint density at radius 3 is 2.57 bits per heavy atom. The topological polar surface area (TPSA) is 69.2 Å². The first-order valence-electron chi connectivity index (χ1n) is 4.63. The van der Waals surface area contributed by atoms with Gasteiger partial charge in [-0.2, -0.15) is 0 Å². The first-order valence-corrected chi connectivity index (χ1v) is 4.63. The normalized spacial score (nSPS) is 19.4. The minimum atomic E-state index is -0.418. The number of fused-ring (bicyclic) bond motifs is 1. The molecule has 0 aliphatic heterocycles. The second-order valence-electron chi connectivity index (χ2n) is 3.95. The smallest absolute Gasteiger partial charge is 0.292 e. The van der Waals surface area contributed by atoms with Gasteiger partial charge in [-0.25, -0.2) is 0 Å². The fraction of sp³-hybridized carbons (Fsp3) is 0.400. The highest BCUT2D eigenvalue weighted by molar-refractivity contribution is 5.62. The molecule has 0 aromatic heterocycles. The third kappa shape index (κ3) is 1.32. The molecular weight excluding hydrogens is 180 g/mol. The van der Waals surface area contributed by atoms with Crippen LogP contribution in [0, 0.1) is 16.0 Å².